The lowest BCUT2D eigenvalue weighted by Crippen LogP contribution is -1.98. The molecular formula is C11H7F2N2. The Kier molecular flexibility index (Phi) is 2.58. The fourth-order valence-electron chi connectivity index (χ4n) is 1.14. The molecule has 2 rings (SSSR count). The van der Waals surface area contributed by atoms with Gasteiger partial charge in [-0.1, -0.05) is 6.07 Å². The van der Waals surface area contributed by atoms with Gasteiger partial charge in [0.1, 0.15) is 23.1 Å². The number of pyridine rings is 1. The van der Waals surface area contributed by atoms with E-state index in [0.717, 1.165) is 0 Å². The molecular weight excluding hydrogens is 198 g/mol. The number of nitrogens with one attached hydrogen (secondary N) is 1. The van der Waals surface area contributed by atoms with Crippen molar-refractivity contribution >= 4 is 11.5 Å². The Balaban J connectivity index is 2.32. The summed E-state index contributed by atoms with van der Waals surface area (Å²) in [5.41, 5.74) is -0.198. The maximum absolute atomic E-state index is 13.2. The van der Waals surface area contributed by atoms with E-state index < -0.39 is 11.6 Å². The average molecular weight is 205 g/mol. The van der Waals surface area contributed by atoms with E-state index in [0.29, 0.717) is 5.82 Å². The molecule has 0 aliphatic rings. The molecule has 0 amide bonds. The molecule has 0 aliphatic heterocycles. The van der Waals surface area contributed by atoms with Crippen molar-refractivity contribution in [2.24, 2.45) is 0 Å². The normalized spacial score (nSPS) is 10.0. The minimum Gasteiger partial charge on any atom is -0.335 e. The summed E-state index contributed by atoms with van der Waals surface area (Å²) < 4.78 is 26.4. The molecule has 0 saturated carbocycles. The Morgan fingerprint density at radius 3 is 2.47 bits per heavy atom. The first-order chi connectivity index (χ1) is 7.27. The van der Waals surface area contributed by atoms with Crippen LogP contribution in [0.4, 0.5) is 20.3 Å². The Bertz CT molecular complexity index is 437. The van der Waals surface area contributed by atoms with Crippen LogP contribution in [0.1, 0.15) is 0 Å². The first-order valence-electron chi connectivity index (χ1n) is 4.30. The van der Waals surface area contributed by atoms with Crippen molar-refractivity contribution in [3.05, 3.63) is 54.2 Å². The maximum atomic E-state index is 13.2. The van der Waals surface area contributed by atoms with E-state index in [1.807, 2.05) is 0 Å². The predicted octanol–water partition coefficient (Wildman–Crippen LogP) is 2.90. The molecule has 1 heterocycles. The maximum Gasteiger partial charge on any atom is 0.149 e. The lowest BCUT2D eigenvalue weighted by Gasteiger charge is -2.06. The van der Waals surface area contributed by atoms with Crippen molar-refractivity contribution in [3.8, 4) is 0 Å². The quantitative estimate of drug-likeness (QED) is 0.815. The van der Waals surface area contributed by atoms with Crippen LogP contribution >= 0.6 is 0 Å². The number of nitrogens with zero attached hydrogens (tertiary/aromatic N) is 1. The zero-order chi connectivity index (χ0) is 10.7. The number of rotatable bonds is 2. The second-order valence-corrected chi connectivity index (χ2v) is 2.87. The average Bonchev–Trinajstić information content (AvgIpc) is 2.25. The van der Waals surface area contributed by atoms with Gasteiger partial charge in [0.05, 0.1) is 0 Å². The molecule has 2 nitrogen and oxygen atoms in total. The third-order valence-electron chi connectivity index (χ3n) is 1.83. The summed E-state index contributed by atoms with van der Waals surface area (Å²) in [6.45, 7) is 0. The molecule has 0 fully saturated rings. The van der Waals surface area contributed by atoms with Gasteiger partial charge in [0.25, 0.3) is 0 Å². The fraction of sp³-hybridized carbons (Fsp3) is 0. The van der Waals surface area contributed by atoms with Gasteiger partial charge in [0, 0.05) is 12.3 Å². The summed E-state index contributed by atoms with van der Waals surface area (Å²) >= 11 is 0. The topological polar surface area (TPSA) is 24.9 Å². The minimum atomic E-state index is -0.648. The molecule has 0 spiro atoms. The van der Waals surface area contributed by atoms with Gasteiger partial charge in [-0.05, 0) is 24.3 Å². The lowest BCUT2D eigenvalue weighted by molar-refractivity contribution is 0.590. The van der Waals surface area contributed by atoms with Gasteiger partial charge >= 0.3 is 0 Å². The van der Waals surface area contributed by atoms with Crippen molar-refractivity contribution in [1.29, 1.82) is 0 Å². The summed E-state index contributed by atoms with van der Waals surface area (Å²) in [5, 5.41) is 2.56. The van der Waals surface area contributed by atoms with Crippen molar-refractivity contribution in [3.63, 3.8) is 0 Å². The van der Waals surface area contributed by atoms with Crippen molar-refractivity contribution in [1.82, 2.24) is 4.98 Å². The summed E-state index contributed by atoms with van der Waals surface area (Å²) in [5.74, 6) is -0.924. The Hall–Kier alpha value is -1.97. The second-order valence-electron chi connectivity index (χ2n) is 2.87. The number of halogens is 2. The van der Waals surface area contributed by atoms with E-state index in [1.165, 1.54) is 24.4 Å². The van der Waals surface area contributed by atoms with Crippen LogP contribution in [0.25, 0.3) is 0 Å². The molecule has 0 unspecified atom stereocenters. The van der Waals surface area contributed by atoms with E-state index in [2.05, 4.69) is 16.4 Å². The third kappa shape index (κ3) is 2.10. The van der Waals surface area contributed by atoms with Crippen LogP contribution < -0.4 is 5.32 Å². The molecule has 1 aromatic carbocycles. The van der Waals surface area contributed by atoms with Gasteiger partial charge in [-0.2, -0.15) is 0 Å². The zero-order valence-electron chi connectivity index (χ0n) is 7.67. The van der Waals surface area contributed by atoms with Crippen LogP contribution in [-0.2, 0) is 0 Å². The largest absolute Gasteiger partial charge is 0.335 e. The van der Waals surface area contributed by atoms with E-state index in [4.69, 9.17) is 0 Å². The van der Waals surface area contributed by atoms with Gasteiger partial charge in [-0.15, -0.1) is 0 Å². The van der Waals surface area contributed by atoms with E-state index >= 15 is 0 Å². The lowest BCUT2D eigenvalue weighted by atomic mass is 10.3. The molecule has 0 saturated heterocycles. The van der Waals surface area contributed by atoms with Gasteiger partial charge in [0.2, 0.25) is 0 Å². The Morgan fingerprint density at radius 2 is 1.87 bits per heavy atom. The molecule has 0 bridgehead atoms. The monoisotopic (exact) mass is 205 g/mol. The highest BCUT2D eigenvalue weighted by Crippen LogP contribution is 2.21. The summed E-state index contributed by atoms with van der Waals surface area (Å²) in [7, 11) is 0. The standard InChI is InChI=1S/C11H7F2N2/c12-8-4-3-5-9(13)11(8)15-10-6-1-2-7-14-10/h1,3-7H,(H,14,15). The van der Waals surface area contributed by atoms with E-state index in [1.54, 1.807) is 12.1 Å². The van der Waals surface area contributed by atoms with Crippen LogP contribution in [0.5, 0.6) is 0 Å². The highest BCUT2D eigenvalue weighted by Gasteiger charge is 2.07. The molecule has 0 aliphatic carbocycles. The smallest absolute Gasteiger partial charge is 0.149 e. The Morgan fingerprint density at radius 1 is 1.13 bits per heavy atom. The molecule has 2 aromatic rings. The number of anilines is 2. The molecule has 0 atom stereocenters. The number of aromatic nitrogens is 1. The van der Waals surface area contributed by atoms with Crippen molar-refractivity contribution < 1.29 is 8.78 Å². The number of hydrogen-bond donors (Lipinski definition) is 1. The zero-order valence-corrected chi connectivity index (χ0v) is 7.67. The van der Waals surface area contributed by atoms with Crippen LogP contribution in [0.2, 0.25) is 0 Å². The first kappa shape index (κ1) is 9.58. The molecule has 75 valence electrons. The highest BCUT2D eigenvalue weighted by atomic mass is 19.1. The van der Waals surface area contributed by atoms with Crippen LogP contribution in [0.3, 0.4) is 0 Å². The second kappa shape index (κ2) is 4.04. The molecule has 1 N–H and O–H groups in total. The van der Waals surface area contributed by atoms with Gasteiger partial charge in [-0.3, -0.25) is 0 Å². The van der Waals surface area contributed by atoms with Gasteiger partial charge in [-0.25, -0.2) is 13.8 Å². The highest BCUT2D eigenvalue weighted by molar-refractivity contribution is 5.57. The predicted molar refractivity (Wildman–Crippen MR) is 52.7 cm³/mol. The van der Waals surface area contributed by atoms with Crippen molar-refractivity contribution in [2.45, 2.75) is 0 Å². The fourth-order valence-corrected chi connectivity index (χ4v) is 1.14. The minimum absolute atomic E-state index is 0.198. The SMILES string of the molecule is Fc1cccc(F)c1Nc1cc[c]cn1. The Labute approximate surface area is 85.6 Å². The number of benzene rings is 1. The molecule has 4 heteroatoms. The number of hydrogen-bond acceptors (Lipinski definition) is 2. The summed E-state index contributed by atoms with van der Waals surface area (Å²) in [6.07, 6.45) is 1.42. The number of para-hydroxylation sites is 1. The first-order valence-corrected chi connectivity index (χ1v) is 4.30. The summed E-state index contributed by atoms with van der Waals surface area (Å²) in [6, 6.07) is 9.56. The molecule has 1 aromatic heterocycles. The van der Waals surface area contributed by atoms with Gasteiger partial charge in [0.15, 0.2) is 0 Å². The summed E-state index contributed by atoms with van der Waals surface area (Å²) in [4.78, 5) is 3.86. The van der Waals surface area contributed by atoms with Crippen molar-refractivity contribution in [2.75, 3.05) is 5.32 Å². The van der Waals surface area contributed by atoms with Gasteiger partial charge < -0.3 is 5.32 Å². The van der Waals surface area contributed by atoms with E-state index in [9.17, 15) is 8.78 Å². The molecule has 15 heavy (non-hydrogen) atoms. The van der Waals surface area contributed by atoms with Crippen LogP contribution in [0, 0.1) is 17.7 Å². The van der Waals surface area contributed by atoms with E-state index in [-0.39, 0.29) is 5.69 Å². The molecule has 1 radical (unpaired) electrons. The third-order valence-corrected chi connectivity index (χ3v) is 1.83. The van der Waals surface area contributed by atoms with Crippen LogP contribution in [0.15, 0.2) is 36.5 Å². The van der Waals surface area contributed by atoms with Crippen LogP contribution in [-0.4, -0.2) is 4.98 Å².